The van der Waals surface area contributed by atoms with Gasteiger partial charge in [-0.2, -0.15) is 0 Å². The third-order valence-electron chi connectivity index (χ3n) is 7.78. The average molecular weight is 488 g/mol. The van der Waals surface area contributed by atoms with Crippen LogP contribution in [0.25, 0.3) is 16.7 Å². The number of carbonyl (C=O) groups excluding carboxylic acids is 1. The molecular formula is C30H27F2NO3. The van der Waals surface area contributed by atoms with Crippen molar-refractivity contribution in [1.82, 2.24) is 4.90 Å². The summed E-state index contributed by atoms with van der Waals surface area (Å²) in [6, 6.07) is 18.6. The minimum absolute atomic E-state index is 0.0106. The highest BCUT2D eigenvalue weighted by Gasteiger charge is 2.40. The van der Waals surface area contributed by atoms with Gasteiger partial charge in [0.1, 0.15) is 12.4 Å². The molecule has 6 rings (SSSR count). The van der Waals surface area contributed by atoms with Crippen molar-refractivity contribution in [1.29, 1.82) is 0 Å². The first-order valence-electron chi connectivity index (χ1n) is 12.4. The summed E-state index contributed by atoms with van der Waals surface area (Å²) in [5.41, 5.74) is 5.21. The number of hydrogen-bond donors (Lipinski definition) is 0. The molecular weight excluding hydrogens is 460 g/mol. The number of amides is 1. The molecule has 0 spiro atoms. The van der Waals surface area contributed by atoms with E-state index in [1.165, 1.54) is 30.4 Å². The van der Waals surface area contributed by atoms with E-state index in [1.54, 1.807) is 4.90 Å². The predicted molar refractivity (Wildman–Crippen MR) is 134 cm³/mol. The van der Waals surface area contributed by atoms with Crippen molar-refractivity contribution in [3.05, 3.63) is 95.1 Å². The maximum atomic E-state index is 15.0. The van der Waals surface area contributed by atoms with Crippen LogP contribution < -0.4 is 4.74 Å². The predicted octanol–water partition coefficient (Wildman–Crippen LogP) is 6.93. The Balaban J connectivity index is 1.24. The molecule has 36 heavy (non-hydrogen) atoms. The van der Waals surface area contributed by atoms with Crippen LogP contribution in [0.2, 0.25) is 0 Å². The number of piperidine rings is 1. The lowest BCUT2D eigenvalue weighted by atomic mass is 9.82. The van der Waals surface area contributed by atoms with Crippen LogP contribution in [0.5, 0.6) is 5.75 Å². The minimum atomic E-state index is -0.698. The largest absolute Gasteiger partial charge is 0.494 e. The van der Waals surface area contributed by atoms with Gasteiger partial charge < -0.3 is 9.47 Å². The van der Waals surface area contributed by atoms with E-state index in [0.717, 1.165) is 30.4 Å². The first kappa shape index (κ1) is 22.8. The number of rotatable bonds is 4. The second-order valence-corrected chi connectivity index (χ2v) is 9.70. The molecule has 1 saturated heterocycles. The van der Waals surface area contributed by atoms with Crippen molar-refractivity contribution in [3.63, 3.8) is 0 Å². The molecule has 184 valence electrons. The molecule has 2 heterocycles. The highest BCUT2D eigenvalue weighted by molar-refractivity contribution is 5.79. The van der Waals surface area contributed by atoms with E-state index in [-0.39, 0.29) is 42.0 Å². The molecule has 3 aromatic carbocycles. The number of ether oxygens (including phenoxy) is 2. The molecule has 3 aromatic rings. The van der Waals surface area contributed by atoms with E-state index in [4.69, 9.17) is 9.47 Å². The first-order valence-corrected chi connectivity index (χ1v) is 12.4. The summed E-state index contributed by atoms with van der Waals surface area (Å²) in [6.07, 6.45) is 4.30. The number of fused-ring (bicyclic) bond motifs is 5. The zero-order valence-electron chi connectivity index (χ0n) is 20.0. The summed E-state index contributed by atoms with van der Waals surface area (Å²) in [6.45, 7) is 0.249. The van der Waals surface area contributed by atoms with E-state index < -0.39 is 11.6 Å². The normalized spacial score (nSPS) is 20.4. The first-order chi connectivity index (χ1) is 17.6. The molecule has 2 bridgehead atoms. The van der Waals surface area contributed by atoms with Crippen LogP contribution in [-0.4, -0.2) is 36.8 Å². The number of carbonyl (C=O) groups is 1. The zero-order chi connectivity index (χ0) is 24.8. The Labute approximate surface area is 209 Å². The topological polar surface area (TPSA) is 38.8 Å². The lowest BCUT2D eigenvalue weighted by Gasteiger charge is -2.44. The Hall–Kier alpha value is -3.67. The van der Waals surface area contributed by atoms with E-state index in [2.05, 4.69) is 24.3 Å². The molecule has 1 fully saturated rings. The van der Waals surface area contributed by atoms with Crippen LogP contribution in [0.4, 0.5) is 13.6 Å². The quantitative estimate of drug-likeness (QED) is 0.400. The summed E-state index contributed by atoms with van der Waals surface area (Å²) < 4.78 is 40.6. The van der Waals surface area contributed by atoms with Crippen LogP contribution in [0, 0.1) is 11.6 Å². The standard InChI is InChI=1S/C30H27F2NO3/c1-35-27-14-13-26(31)28(29(27)32)18-15-19-7-6-8-20(16-18)33(19)30(34)36-17-25-23-11-4-2-9-21(23)22-10-3-5-12-24(22)25/h2-5,9-15,19-20,25H,6-8,16-17H2,1H3. The summed E-state index contributed by atoms with van der Waals surface area (Å²) in [5, 5.41) is 0. The molecule has 1 amide bonds. The SMILES string of the molecule is COc1ccc(F)c(C2=CC3CCCC(C2)N3C(=O)OCC2c3ccccc3-c3ccccc32)c1F. The Bertz CT molecular complexity index is 1320. The van der Waals surface area contributed by atoms with Gasteiger partial charge in [-0.15, -0.1) is 0 Å². The molecule has 0 aromatic heterocycles. The maximum Gasteiger partial charge on any atom is 0.410 e. The summed E-state index contributed by atoms with van der Waals surface area (Å²) in [5.74, 6) is -1.32. The maximum absolute atomic E-state index is 15.0. The fourth-order valence-corrected chi connectivity index (χ4v) is 6.15. The molecule has 2 aliphatic heterocycles. The third-order valence-corrected chi connectivity index (χ3v) is 7.78. The van der Waals surface area contributed by atoms with Gasteiger partial charge in [-0.05, 0) is 65.6 Å². The number of nitrogens with zero attached hydrogens (tertiary/aromatic N) is 1. The molecule has 0 saturated carbocycles. The van der Waals surface area contributed by atoms with Crippen molar-refractivity contribution in [2.24, 2.45) is 0 Å². The lowest BCUT2D eigenvalue weighted by Crippen LogP contribution is -2.52. The number of halogens is 2. The van der Waals surface area contributed by atoms with Gasteiger partial charge in [-0.3, -0.25) is 4.90 Å². The smallest absolute Gasteiger partial charge is 0.410 e. The van der Waals surface area contributed by atoms with Gasteiger partial charge in [0.25, 0.3) is 0 Å². The molecule has 6 heteroatoms. The highest BCUT2D eigenvalue weighted by Crippen LogP contribution is 2.45. The van der Waals surface area contributed by atoms with E-state index >= 15 is 0 Å². The van der Waals surface area contributed by atoms with Crippen LogP contribution >= 0.6 is 0 Å². The van der Waals surface area contributed by atoms with Gasteiger partial charge in [-0.25, -0.2) is 13.6 Å². The summed E-state index contributed by atoms with van der Waals surface area (Å²) >= 11 is 0. The van der Waals surface area contributed by atoms with Gasteiger partial charge in [-0.1, -0.05) is 54.6 Å². The van der Waals surface area contributed by atoms with Gasteiger partial charge >= 0.3 is 6.09 Å². The van der Waals surface area contributed by atoms with Crippen LogP contribution in [-0.2, 0) is 4.74 Å². The molecule has 2 atom stereocenters. The summed E-state index contributed by atoms with van der Waals surface area (Å²) in [4.78, 5) is 15.1. The second-order valence-electron chi connectivity index (χ2n) is 9.70. The average Bonchev–Trinajstić information content (AvgIpc) is 3.20. The van der Waals surface area contributed by atoms with Crippen molar-refractivity contribution in [2.75, 3.05) is 13.7 Å². The van der Waals surface area contributed by atoms with Gasteiger partial charge in [0.05, 0.1) is 18.7 Å². The van der Waals surface area contributed by atoms with E-state index in [9.17, 15) is 13.6 Å². The van der Waals surface area contributed by atoms with Crippen LogP contribution in [0.1, 0.15) is 48.3 Å². The monoisotopic (exact) mass is 487 g/mol. The number of benzene rings is 3. The second kappa shape index (κ2) is 9.08. The van der Waals surface area contributed by atoms with Gasteiger partial charge in [0.2, 0.25) is 0 Å². The molecule has 3 aliphatic rings. The van der Waals surface area contributed by atoms with Gasteiger partial charge in [0.15, 0.2) is 11.6 Å². The fourth-order valence-electron chi connectivity index (χ4n) is 6.15. The van der Waals surface area contributed by atoms with Crippen molar-refractivity contribution >= 4 is 11.7 Å². The summed E-state index contributed by atoms with van der Waals surface area (Å²) in [7, 11) is 1.36. The lowest BCUT2D eigenvalue weighted by molar-refractivity contribution is 0.0538. The highest BCUT2D eigenvalue weighted by atomic mass is 19.1. The number of methoxy groups -OCH3 is 1. The Morgan fingerprint density at radius 1 is 0.972 bits per heavy atom. The third kappa shape index (κ3) is 3.67. The van der Waals surface area contributed by atoms with Crippen molar-refractivity contribution in [2.45, 2.75) is 43.7 Å². The molecule has 1 aliphatic carbocycles. The van der Waals surface area contributed by atoms with E-state index in [1.807, 2.05) is 30.3 Å². The van der Waals surface area contributed by atoms with Crippen molar-refractivity contribution < 1.29 is 23.0 Å². The Morgan fingerprint density at radius 2 is 1.67 bits per heavy atom. The van der Waals surface area contributed by atoms with E-state index in [0.29, 0.717) is 12.0 Å². The number of hydrogen-bond acceptors (Lipinski definition) is 3. The zero-order valence-corrected chi connectivity index (χ0v) is 20.0. The van der Waals surface area contributed by atoms with Gasteiger partial charge in [0, 0.05) is 12.0 Å². The Kier molecular flexibility index (Phi) is 5.75. The van der Waals surface area contributed by atoms with Crippen LogP contribution in [0.3, 0.4) is 0 Å². The molecule has 4 nitrogen and oxygen atoms in total. The molecule has 0 N–H and O–H groups in total. The molecule has 2 unspecified atom stereocenters. The minimum Gasteiger partial charge on any atom is -0.494 e. The Morgan fingerprint density at radius 3 is 2.33 bits per heavy atom. The molecule has 0 radical (unpaired) electrons. The van der Waals surface area contributed by atoms with Crippen molar-refractivity contribution in [3.8, 4) is 16.9 Å². The van der Waals surface area contributed by atoms with Crippen LogP contribution in [0.15, 0.2) is 66.7 Å². The fraction of sp³-hybridized carbons (Fsp3) is 0.300.